The third-order valence-electron chi connectivity index (χ3n) is 8.03. The summed E-state index contributed by atoms with van der Waals surface area (Å²) in [5.41, 5.74) is 4.59. The van der Waals surface area contributed by atoms with E-state index in [0.717, 1.165) is 12.8 Å². The van der Waals surface area contributed by atoms with Gasteiger partial charge in [0.25, 0.3) is 0 Å². The molecule has 3 fully saturated rings. The minimum absolute atomic E-state index is 0.0290. The standard InChI is InChI=1S/C25H39BO2Si/c1-22(2)23(3,4)28-26(27-22)19-20-13-12-16-25(6)21(20)14-17-24(25,5)15-10-11-18-29(7,8)9/h19,21H,12-14,16-17H2,1-9H3/b20-19+/t21-,24-,25?/m0/s1. The van der Waals surface area contributed by atoms with Crippen molar-refractivity contribution in [2.75, 3.05) is 0 Å². The maximum absolute atomic E-state index is 6.27. The van der Waals surface area contributed by atoms with Crippen molar-refractivity contribution >= 4 is 15.2 Å². The smallest absolute Gasteiger partial charge is 0.400 e. The van der Waals surface area contributed by atoms with Gasteiger partial charge in [0.2, 0.25) is 0 Å². The third kappa shape index (κ3) is 4.27. The molecule has 0 bridgehead atoms. The number of hydrogen-bond acceptors (Lipinski definition) is 2. The van der Waals surface area contributed by atoms with Crippen LogP contribution in [-0.4, -0.2) is 26.4 Å². The van der Waals surface area contributed by atoms with Crippen LogP contribution in [0.1, 0.15) is 73.6 Å². The summed E-state index contributed by atoms with van der Waals surface area (Å²) >= 11 is 0. The fourth-order valence-corrected chi connectivity index (χ4v) is 5.66. The fraction of sp³-hybridized carbons (Fsp3) is 0.760. The predicted octanol–water partition coefficient (Wildman–Crippen LogP) is 6.03. The van der Waals surface area contributed by atoms with Crippen molar-refractivity contribution in [3.8, 4) is 23.3 Å². The Bertz CT molecular complexity index is 798. The van der Waals surface area contributed by atoms with E-state index >= 15 is 0 Å². The molecule has 2 aliphatic carbocycles. The van der Waals surface area contributed by atoms with Gasteiger partial charge in [-0.25, -0.2) is 0 Å². The van der Waals surface area contributed by atoms with E-state index in [9.17, 15) is 0 Å². The lowest BCUT2D eigenvalue weighted by atomic mass is 9.57. The Morgan fingerprint density at radius 2 is 1.59 bits per heavy atom. The molecule has 2 nitrogen and oxygen atoms in total. The van der Waals surface area contributed by atoms with Crippen molar-refractivity contribution < 1.29 is 9.31 Å². The minimum Gasteiger partial charge on any atom is -0.400 e. The van der Waals surface area contributed by atoms with Crippen LogP contribution in [0, 0.1) is 40.1 Å². The zero-order valence-electron chi connectivity index (χ0n) is 20.1. The Balaban J connectivity index is 1.84. The van der Waals surface area contributed by atoms with Crippen LogP contribution < -0.4 is 0 Å². The van der Waals surface area contributed by atoms with Gasteiger partial charge in [0.05, 0.1) is 11.2 Å². The van der Waals surface area contributed by atoms with E-state index in [0.29, 0.717) is 5.92 Å². The van der Waals surface area contributed by atoms with Gasteiger partial charge in [0.15, 0.2) is 0 Å². The first-order valence-electron chi connectivity index (χ1n) is 11.3. The number of allylic oxidation sites excluding steroid dienone is 1. The zero-order chi connectivity index (χ0) is 21.7. The molecule has 1 heterocycles. The Labute approximate surface area is 180 Å². The molecule has 0 N–H and O–H groups in total. The largest absolute Gasteiger partial charge is 0.487 e. The monoisotopic (exact) mass is 410 g/mol. The van der Waals surface area contributed by atoms with Crippen molar-refractivity contribution in [1.29, 1.82) is 0 Å². The van der Waals surface area contributed by atoms with Gasteiger partial charge in [-0.15, -0.1) is 5.54 Å². The van der Waals surface area contributed by atoms with E-state index in [4.69, 9.17) is 9.31 Å². The van der Waals surface area contributed by atoms with E-state index in [1.165, 1.54) is 24.8 Å². The van der Waals surface area contributed by atoms with Crippen molar-refractivity contribution in [1.82, 2.24) is 0 Å². The Hall–Kier alpha value is -0.938. The molecular weight excluding hydrogens is 371 g/mol. The highest BCUT2D eigenvalue weighted by Gasteiger charge is 2.56. The molecule has 1 aliphatic heterocycles. The molecule has 1 saturated heterocycles. The van der Waals surface area contributed by atoms with Gasteiger partial charge >= 0.3 is 7.12 Å². The van der Waals surface area contributed by atoms with Gasteiger partial charge in [-0.05, 0) is 89.9 Å². The van der Waals surface area contributed by atoms with Crippen LogP contribution in [0.2, 0.25) is 19.6 Å². The van der Waals surface area contributed by atoms with Crippen LogP contribution in [0.4, 0.5) is 0 Å². The average molecular weight is 410 g/mol. The van der Waals surface area contributed by atoms with Gasteiger partial charge < -0.3 is 9.31 Å². The molecule has 158 valence electrons. The molecular formula is C25H39BO2Si. The highest BCUT2D eigenvalue weighted by Crippen LogP contribution is 2.63. The first-order chi connectivity index (χ1) is 13.2. The van der Waals surface area contributed by atoms with Gasteiger partial charge in [-0.3, -0.25) is 0 Å². The Morgan fingerprint density at radius 1 is 0.966 bits per heavy atom. The molecule has 29 heavy (non-hydrogen) atoms. The first-order valence-corrected chi connectivity index (χ1v) is 14.8. The molecule has 1 unspecified atom stereocenters. The first kappa shape index (κ1) is 22.7. The third-order valence-corrected chi connectivity index (χ3v) is 8.91. The molecule has 0 aromatic carbocycles. The predicted molar refractivity (Wildman–Crippen MR) is 126 cm³/mol. The molecule has 3 atom stereocenters. The van der Waals surface area contributed by atoms with Crippen LogP contribution in [0.15, 0.2) is 11.5 Å². The molecule has 0 radical (unpaired) electrons. The average Bonchev–Trinajstić information content (AvgIpc) is 2.93. The molecule has 2 saturated carbocycles. The Kier molecular flexibility index (Phi) is 5.75. The van der Waals surface area contributed by atoms with Gasteiger partial charge in [-0.2, -0.15) is 0 Å². The second-order valence-corrected chi connectivity index (χ2v) is 16.6. The van der Waals surface area contributed by atoms with Crippen LogP contribution in [-0.2, 0) is 9.31 Å². The molecule has 0 amide bonds. The van der Waals surface area contributed by atoms with E-state index in [2.05, 4.69) is 90.5 Å². The topological polar surface area (TPSA) is 18.5 Å². The number of rotatable bonds is 1. The number of fused-ring (bicyclic) bond motifs is 1. The molecule has 3 rings (SSSR count). The van der Waals surface area contributed by atoms with E-state index in [-0.39, 0.29) is 29.2 Å². The summed E-state index contributed by atoms with van der Waals surface area (Å²) in [6, 6.07) is 0. The van der Waals surface area contributed by atoms with Crippen molar-refractivity contribution in [3.63, 3.8) is 0 Å². The van der Waals surface area contributed by atoms with E-state index < -0.39 is 8.07 Å². The fourth-order valence-electron chi connectivity index (χ4n) is 5.22. The van der Waals surface area contributed by atoms with Crippen molar-refractivity contribution in [2.24, 2.45) is 16.7 Å². The van der Waals surface area contributed by atoms with Crippen LogP contribution >= 0.6 is 0 Å². The summed E-state index contributed by atoms with van der Waals surface area (Å²) in [7, 11) is -1.61. The highest BCUT2D eigenvalue weighted by molar-refractivity contribution is 6.83. The van der Waals surface area contributed by atoms with Crippen molar-refractivity contribution in [3.05, 3.63) is 11.5 Å². The molecule has 0 spiro atoms. The zero-order valence-corrected chi connectivity index (χ0v) is 21.1. The summed E-state index contributed by atoms with van der Waals surface area (Å²) in [5.74, 6) is 12.9. The summed E-state index contributed by atoms with van der Waals surface area (Å²) in [6.07, 6.45) is 5.97. The molecule has 0 aromatic heterocycles. The van der Waals surface area contributed by atoms with Gasteiger partial charge in [0, 0.05) is 5.41 Å². The van der Waals surface area contributed by atoms with Crippen LogP contribution in [0.25, 0.3) is 0 Å². The van der Waals surface area contributed by atoms with E-state index in [1.807, 2.05) is 0 Å². The summed E-state index contributed by atoms with van der Waals surface area (Å²) in [4.78, 5) is 0. The van der Waals surface area contributed by atoms with Crippen LogP contribution in [0.5, 0.6) is 0 Å². The lowest BCUT2D eigenvalue weighted by molar-refractivity contribution is 0.00578. The minimum atomic E-state index is -1.37. The van der Waals surface area contributed by atoms with Crippen molar-refractivity contribution in [2.45, 2.75) is 104 Å². The summed E-state index contributed by atoms with van der Waals surface area (Å²) < 4.78 is 12.5. The second kappa shape index (κ2) is 7.33. The van der Waals surface area contributed by atoms with Gasteiger partial charge in [-0.1, -0.05) is 44.0 Å². The summed E-state index contributed by atoms with van der Waals surface area (Å²) in [5, 5.41) is 0. The van der Waals surface area contributed by atoms with E-state index in [1.54, 1.807) is 0 Å². The lowest BCUT2D eigenvalue weighted by Gasteiger charge is -2.46. The molecule has 0 aromatic rings. The maximum Gasteiger partial charge on any atom is 0.487 e. The Morgan fingerprint density at radius 3 is 2.17 bits per heavy atom. The highest BCUT2D eigenvalue weighted by atomic mass is 28.3. The second-order valence-electron chi connectivity index (χ2n) is 11.8. The van der Waals surface area contributed by atoms with Gasteiger partial charge in [0.1, 0.15) is 8.07 Å². The SMILES string of the molecule is CC1(C)OB(/C=C2\CCCC3(C)[C@H]2CC[C@]3(C)C#CC#C[Si](C)(C)C)OC1(C)C. The van der Waals surface area contributed by atoms with Crippen LogP contribution in [0.3, 0.4) is 0 Å². The molecule has 4 heteroatoms. The quantitative estimate of drug-likeness (QED) is 0.388. The summed E-state index contributed by atoms with van der Waals surface area (Å²) in [6.45, 7) is 20.1. The number of hydrogen-bond donors (Lipinski definition) is 0. The lowest BCUT2D eigenvalue weighted by Crippen LogP contribution is -2.41. The molecule has 3 aliphatic rings. The normalized spacial score (nSPS) is 36.8. The maximum atomic E-state index is 6.27.